The van der Waals surface area contributed by atoms with Gasteiger partial charge < -0.3 is 15.3 Å². The average molecular weight is 766 g/mol. The van der Waals surface area contributed by atoms with E-state index in [4.69, 9.17) is 0 Å². The molecule has 0 atom stereocenters. The van der Waals surface area contributed by atoms with E-state index in [1.165, 1.54) is 30.3 Å². The Morgan fingerprint density at radius 2 is 1.44 bits per heavy atom. The Kier molecular flexibility index (Phi) is 9.54. The Hall–Kier alpha value is -5.04. The van der Waals surface area contributed by atoms with Gasteiger partial charge in [-0.1, -0.05) is 50.2 Å². The third-order valence-electron chi connectivity index (χ3n) is 8.86. The molecule has 1 aliphatic heterocycles. The standard InChI is InChI=1S/C35H31N3O11S3/c1-3-38(4-2)16-17-50(42,43)21-12-15-28(52(47,48)49)27(19-21)36-26-14-13-25-30-29(23-10-5-6-11-24(23)34(40)31(26)30)32(35(41)37-25)33(39)20-8-7-9-22(18-20)51(44,45)46/h5-15,18-19,36,39H,3-4,16-17H2,1-2H3,(H,44,45,46)(H,47,48,49). The van der Waals surface area contributed by atoms with Crippen molar-refractivity contribution in [3.05, 3.63) is 121 Å². The number of sulfone groups is 1. The number of aliphatic hydroxyl groups is 1. The highest BCUT2D eigenvalue weighted by molar-refractivity contribution is 7.91. The summed E-state index contributed by atoms with van der Waals surface area (Å²) in [5.41, 5.74) is -2.06. The van der Waals surface area contributed by atoms with Crippen molar-refractivity contribution in [2.45, 2.75) is 28.5 Å². The number of anilines is 2. The number of nitrogens with zero attached hydrogens (tertiary/aromatic N) is 2. The van der Waals surface area contributed by atoms with Crippen molar-refractivity contribution < 1.29 is 39.5 Å². The van der Waals surface area contributed by atoms with Crippen molar-refractivity contribution in [1.29, 1.82) is 0 Å². The first-order valence-electron chi connectivity index (χ1n) is 15.8. The van der Waals surface area contributed by atoms with Crippen LogP contribution >= 0.6 is 0 Å². The zero-order valence-corrected chi connectivity index (χ0v) is 30.0. The predicted octanol–water partition coefficient (Wildman–Crippen LogP) is 3.06. The predicted molar refractivity (Wildman–Crippen MR) is 194 cm³/mol. The van der Waals surface area contributed by atoms with Crippen LogP contribution in [0.4, 0.5) is 11.4 Å². The maximum Gasteiger partial charge on any atom is 0.296 e. The molecule has 0 spiro atoms. The number of hydrogen-bond acceptors (Lipinski definition) is 12. The van der Waals surface area contributed by atoms with E-state index >= 15 is 0 Å². The van der Waals surface area contributed by atoms with E-state index in [1.807, 2.05) is 18.7 Å². The number of rotatable bonds is 11. The molecule has 4 aromatic carbocycles. The number of benzene rings is 4. The molecule has 4 N–H and O–H groups in total. The molecule has 1 heterocycles. The average Bonchev–Trinajstić information content (AvgIpc) is 3.10. The summed E-state index contributed by atoms with van der Waals surface area (Å²) in [7, 11) is -13.6. The molecule has 270 valence electrons. The van der Waals surface area contributed by atoms with E-state index in [-0.39, 0.29) is 66.2 Å². The highest BCUT2D eigenvalue weighted by Crippen LogP contribution is 2.32. The normalized spacial score (nSPS) is 13.3. The highest BCUT2D eigenvalue weighted by atomic mass is 32.2. The van der Waals surface area contributed by atoms with Gasteiger partial charge in [-0.05, 0) is 60.9 Å². The first-order chi connectivity index (χ1) is 24.5. The SMILES string of the molecule is CCN(CC)CCS(=O)(=O)c1ccc(S(=O)(=O)O)c(Nc2ccc3nc(=O)c(=C(O)c4cccc(S(=O)(=O)O)c4)c4c5ccccc5c(=O)c2c3=4)c1. The molecular formula is C35H31N3O11S3. The topological polar surface area (TPSA) is 225 Å². The van der Waals surface area contributed by atoms with Gasteiger partial charge in [0.2, 0.25) is 0 Å². The van der Waals surface area contributed by atoms with E-state index < -0.39 is 61.8 Å². The summed E-state index contributed by atoms with van der Waals surface area (Å²) >= 11 is 0. The molecule has 6 rings (SSSR count). The van der Waals surface area contributed by atoms with Crippen molar-refractivity contribution in [1.82, 2.24) is 9.88 Å². The van der Waals surface area contributed by atoms with Crippen molar-refractivity contribution in [3.8, 4) is 0 Å². The van der Waals surface area contributed by atoms with Crippen LogP contribution in [0.1, 0.15) is 19.4 Å². The van der Waals surface area contributed by atoms with Crippen LogP contribution in [-0.2, 0) is 30.1 Å². The minimum Gasteiger partial charge on any atom is -0.506 e. The minimum absolute atomic E-state index is 0.0226. The summed E-state index contributed by atoms with van der Waals surface area (Å²) < 4.78 is 95.1. The van der Waals surface area contributed by atoms with Crippen LogP contribution in [0.25, 0.3) is 27.4 Å². The van der Waals surface area contributed by atoms with Crippen molar-refractivity contribution in [2.75, 3.05) is 30.7 Å². The van der Waals surface area contributed by atoms with Crippen molar-refractivity contribution >= 4 is 68.9 Å². The van der Waals surface area contributed by atoms with Gasteiger partial charge in [0.15, 0.2) is 15.3 Å². The van der Waals surface area contributed by atoms with Gasteiger partial charge in [-0.3, -0.25) is 18.7 Å². The lowest BCUT2D eigenvalue weighted by Crippen LogP contribution is -2.33. The minimum atomic E-state index is -4.94. The molecule has 52 heavy (non-hydrogen) atoms. The molecular weight excluding hydrogens is 735 g/mol. The van der Waals surface area contributed by atoms with Gasteiger partial charge in [0, 0.05) is 27.9 Å². The monoisotopic (exact) mass is 765 g/mol. The van der Waals surface area contributed by atoms with Gasteiger partial charge in [0.05, 0.1) is 43.0 Å². The van der Waals surface area contributed by atoms with Crippen LogP contribution in [0.15, 0.2) is 103 Å². The summed E-state index contributed by atoms with van der Waals surface area (Å²) in [6.45, 7) is 5.21. The van der Waals surface area contributed by atoms with Gasteiger partial charge in [-0.15, -0.1) is 0 Å². The molecule has 1 aliphatic carbocycles. The van der Waals surface area contributed by atoms with Crippen LogP contribution in [0.5, 0.6) is 0 Å². The van der Waals surface area contributed by atoms with Crippen molar-refractivity contribution in [2.24, 2.45) is 0 Å². The Morgan fingerprint density at radius 1 is 0.750 bits per heavy atom. The van der Waals surface area contributed by atoms with Crippen LogP contribution in [0.3, 0.4) is 0 Å². The van der Waals surface area contributed by atoms with E-state index in [2.05, 4.69) is 10.3 Å². The molecule has 2 aliphatic rings. The maximum absolute atomic E-state index is 14.2. The van der Waals surface area contributed by atoms with Gasteiger partial charge in [0.1, 0.15) is 10.7 Å². The molecule has 4 aromatic rings. The fraction of sp³-hybridized carbons (Fsp3) is 0.171. The molecule has 14 nitrogen and oxygen atoms in total. The zero-order valence-electron chi connectivity index (χ0n) is 27.6. The van der Waals surface area contributed by atoms with E-state index in [1.54, 1.807) is 18.2 Å². The Morgan fingerprint density at radius 3 is 2.10 bits per heavy atom. The van der Waals surface area contributed by atoms with Crippen LogP contribution in [0.2, 0.25) is 0 Å². The highest BCUT2D eigenvalue weighted by Gasteiger charge is 2.24. The second-order valence-electron chi connectivity index (χ2n) is 11.9. The summed E-state index contributed by atoms with van der Waals surface area (Å²) in [6, 6.07) is 16.5. The summed E-state index contributed by atoms with van der Waals surface area (Å²) in [6.07, 6.45) is 0. The quantitative estimate of drug-likeness (QED) is 0.139. The van der Waals surface area contributed by atoms with Crippen molar-refractivity contribution in [3.63, 3.8) is 0 Å². The zero-order chi connectivity index (χ0) is 37.7. The lowest BCUT2D eigenvalue weighted by molar-refractivity contribution is 0.321. The van der Waals surface area contributed by atoms with Gasteiger partial charge in [0.25, 0.3) is 25.8 Å². The van der Waals surface area contributed by atoms with Crippen LogP contribution in [0, 0.1) is 10.4 Å². The second-order valence-corrected chi connectivity index (χ2v) is 16.8. The van der Waals surface area contributed by atoms with E-state index in [0.29, 0.717) is 13.1 Å². The first-order valence-corrected chi connectivity index (χ1v) is 20.3. The summed E-state index contributed by atoms with van der Waals surface area (Å²) in [4.78, 5) is 32.4. The largest absolute Gasteiger partial charge is 0.506 e. The van der Waals surface area contributed by atoms with Crippen LogP contribution in [-0.4, -0.2) is 74.7 Å². The summed E-state index contributed by atoms with van der Waals surface area (Å²) in [5, 5.41) is 14.3. The maximum atomic E-state index is 14.2. The Labute approximate surface area is 297 Å². The number of hydrogen-bond donors (Lipinski definition) is 4. The fourth-order valence-electron chi connectivity index (χ4n) is 6.22. The molecule has 0 saturated carbocycles. The first kappa shape index (κ1) is 36.7. The Bertz CT molecular complexity index is 2990. The van der Waals surface area contributed by atoms with E-state index in [0.717, 1.165) is 30.3 Å². The Balaban J connectivity index is 1.68. The number of aliphatic hydroxyl groups excluding tert-OH is 1. The lowest BCUT2D eigenvalue weighted by Gasteiger charge is -2.18. The van der Waals surface area contributed by atoms with Crippen LogP contribution < -0.4 is 21.5 Å². The smallest absolute Gasteiger partial charge is 0.296 e. The molecule has 0 amide bonds. The molecule has 0 bridgehead atoms. The molecule has 0 radical (unpaired) electrons. The van der Waals surface area contributed by atoms with Gasteiger partial charge in [-0.2, -0.15) is 16.8 Å². The fourth-order valence-corrected chi connectivity index (χ4v) is 8.68. The number of fused-ring (bicyclic) bond motifs is 2. The van der Waals surface area contributed by atoms with E-state index in [9.17, 15) is 49.1 Å². The third-order valence-corrected chi connectivity index (χ3v) is 12.3. The third kappa shape index (κ3) is 6.69. The lowest BCUT2D eigenvalue weighted by atomic mass is 9.96. The number of nitrogens with one attached hydrogen (secondary N) is 1. The number of aromatic nitrogens is 1. The second kappa shape index (κ2) is 13.5. The molecule has 0 aromatic heterocycles. The molecule has 17 heteroatoms. The van der Waals surface area contributed by atoms with Gasteiger partial charge in [-0.25, -0.2) is 13.4 Å². The molecule has 0 fully saturated rings. The summed E-state index contributed by atoms with van der Waals surface area (Å²) in [5.74, 6) is -0.983. The molecule has 0 unspecified atom stereocenters. The molecule has 0 saturated heterocycles. The van der Waals surface area contributed by atoms with Gasteiger partial charge >= 0.3 is 0 Å².